The van der Waals surface area contributed by atoms with Crippen molar-refractivity contribution < 1.29 is 18.7 Å². The van der Waals surface area contributed by atoms with Gasteiger partial charge < -0.3 is 19.0 Å². The van der Waals surface area contributed by atoms with E-state index in [2.05, 4.69) is 6.58 Å². The van der Waals surface area contributed by atoms with Crippen molar-refractivity contribution in [3.05, 3.63) is 88.3 Å². The molecule has 0 radical (unpaired) electrons. The predicted octanol–water partition coefficient (Wildman–Crippen LogP) is 2.67. The number of carbonyl (C=O) groups excluding carboxylic acids is 2. The quantitative estimate of drug-likeness (QED) is 0.598. The molecule has 2 aromatic carbocycles. The summed E-state index contributed by atoms with van der Waals surface area (Å²) in [6, 6.07) is 14.0. The lowest BCUT2D eigenvalue weighted by atomic mass is 9.84. The fourth-order valence-electron chi connectivity index (χ4n) is 4.73. The zero-order valence-corrected chi connectivity index (χ0v) is 17.0. The first-order chi connectivity index (χ1) is 15.1. The van der Waals surface area contributed by atoms with Crippen LogP contribution in [-0.4, -0.2) is 43.5 Å². The Morgan fingerprint density at radius 3 is 2.61 bits per heavy atom. The molecular formula is C24H20N2O5. The summed E-state index contributed by atoms with van der Waals surface area (Å²) in [6.07, 6.45) is 1.62. The molecule has 7 heteroatoms. The molecule has 0 N–H and O–H groups in total. The Hall–Kier alpha value is -3.71. The maximum atomic E-state index is 14.0. The standard InChI is InChI=1S/C24H20N2O5/c1-3-12-25-17-10-6-5-9-16(17)24(23(25)29)19-20(27)15-8-4-7-11-18(15)31-21(19)22(28)26(24)13-14-30-2/h3-11H,1,12-14H2,2H3/t24-/m0/s1. The zero-order valence-electron chi connectivity index (χ0n) is 17.0. The highest BCUT2D eigenvalue weighted by Crippen LogP contribution is 2.52. The molecule has 0 fully saturated rings. The van der Waals surface area contributed by atoms with Gasteiger partial charge in [0.25, 0.3) is 11.8 Å². The molecular weight excluding hydrogens is 396 g/mol. The molecule has 1 atom stereocenters. The van der Waals surface area contributed by atoms with Gasteiger partial charge in [-0.3, -0.25) is 14.4 Å². The van der Waals surface area contributed by atoms with E-state index < -0.39 is 11.4 Å². The summed E-state index contributed by atoms with van der Waals surface area (Å²) in [4.78, 5) is 44.2. The number of amides is 2. The van der Waals surface area contributed by atoms with E-state index in [1.807, 2.05) is 12.1 Å². The lowest BCUT2D eigenvalue weighted by Crippen LogP contribution is -2.54. The number of fused-ring (bicyclic) bond motifs is 5. The normalized spacial score (nSPS) is 19.4. The maximum absolute atomic E-state index is 14.0. The SMILES string of the molecule is C=CCN1C(=O)[C@]2(c3ccccc31)c1c(oc3ccccc3c1=O)C(=O)N2CCOC. The number of para-hydroxylation sites is 2. The first-order valence-corrected chi connectivity index (χ1v) is 9.97. The number of carbonyl (C=O) groups is 2. The van der Waals surface area contributed by atoms with Crippen LogP contribution in [0.5, 0.6) is 0 Å². The van der Waals surface area contributed by atoms with Gasteiger partial charge in [-0.05, 0) is 18.2 Å². The second-order valence-corrected chi connectivity index (χ2v) is 7.51. The number of ether oxygens (including phenoxy) is 1. The van der Waals surface area contributed by atoms with Crippen LogP contribution in [0.2, 0.25) is 0 Å². The summed E-state index contributed by atoms with van der Waals surface area (Å²) in [6.45, 7) is 4.33. The average Bonchev–Trinajstić information content (AvgIpc) is 3.18. The van der Waals surface area contributed by atoms with Gasteiger partial charge in [0.05, 0.1) is 23.2 Å². The van der Waals surface area contributed by atoms with Gasteiger partial charge in [-0.25, -0.2) is 0 Å². The number of benzene rings is 2. The Morgan fingerprint density at radius 2 is 1.84 bits per heavy atom. The molecule has 1 aromatic heterocycles. The number of hydrogen-bond acceptors (Lipinski definition) is 5. The Morgan fingerprint density at radius 1 is 1.10 bits per heavy atom. The van der Waals surface area contributed by atoms with Crippen molar-refractivity contribution in [3.63, 3.8) is 0 Å². The maximum Gasteiger partial charge on any atom is 0.291 e. The van der Waals surface area contributed by atoms with Crippen molar-refractivity contribution in [2.24, 2.45) is 0 Å². The van der Waals surface area contributed by atoms with Crippen molar-refractivity contribution in [2.75, 3.05) is 31.7 Å². The van der Waals surface area contributed by atoms with Crippen molar-refractivity contribution in [1.29, 1.82) is 0 Å². The van der Waals surface area contributed by atoms with Gasteiger partial charge in [-0.1, -0.05) is 36.4 Å². The minimum absolute atomic E-state index is 0.0660. The highest BCUT2D eigenvalue weighted by Gasteiger charge is 2.64. The topological polar surface area (TPSA) is 80.1 Å². The third-order valence-corrected chi connectivity index (χ3v) is 5.97. The van der Waals surface area contributed by atoms with Crippen molar-refractivity contribution >= 4 is 28.5 Å². The molecule has 2 aliphatic rings. The van der Waals surface area contributed by atoms with Crippen LogP contribution in [-0.2, 0) is 15.1 Å². The summed E-state index contributed by atoms with van der Waals surface area (Å²) < 4.78 is 11.1. The first-order valence-electron chi connectivity index (χ1n) is 9.97. The molecule has 1 spiro atoms. The largest absolute Gasteiger partial charge is 0.450 e. The van der Waals surface area contributed by atoms with Gasteiger partial charge in [0.2, 0.25) is 5.76 Å². The molecule has 3 aromatic rings. The Balaban J connectivity index is 1.91. The Kier molecular flexibility index (Phi) is 4.30. The average molecular weight is 416 g/mol. The molecule has 5 rings (SSSR count). The lowest BCUT2D eigenvalue weighted by molar-refractivity contribution is -0.126. The zero-order chi connectivity index (χ0) is 21.8. The van der Waals surface area contributed by atoms with E-state index in [1.165, 1.54) is 12.0 Å². The van der Waals surface area contributed by atoms with Crippen LogP contribution in [0, 0.1) is 0 Å². The summed E-state index contributed by atoms with van der Waals surface area (Å²) in [5.41, 5.74) is -0.388. The molecule has 0 saturated heterocycles. The number of rotatable bonds is 5. The molecule has 0 saturated carbocycles. The van der Waals surface area contributed by atoms with Crippen molar-refractivity contribution in [1.82, 2.24) is 4.90 Å². The van der Waals surface area contributed by atoms with Crippen LogP contribution in [0.3, 0.4) is 0 Å². The molecule has 2 amide bonds. The van der Waals surface area contributed by atoms with Crippen molar-refractivity contribution in [3.8, 4) is 0 Å². The Labute approximate surface area is 178 Å². The summed E-state index contributed by atoms with van der Waals surface area (Å²) in [5.74, 6) is -0.971. The van der Waals surface area contributed by atoms with Crippen LogP contribution in [0.1, 0.15) is 21.7 Å². The van der Waals surface area contributed by atoms with Crippen LogP contribution in [0.15, 0.2) is 70.4 Å². The first kappa shape index (κ1) is 19.3. The molecule has 3 heterocycles. The number of anilines is 1. The molecule has 31 heavy (non-hydrogen) atoms. The van der Waals surface area contributed by atoms with Crippen LogP contribution < -0.4 is 10.3 Å². The highest BCUT2D eigenvalue weighted by molar-refractivity contribution is 6.17. The van der Waals surface area contributed by atoms with Crippen LogP contribution in [0.25, 0.3) is 11.0 Å². The van der Waals surface area contributed by atoms with E-state index in [1.54, 1.807) is 47.4 Å². The van der Waals surface area contributed by atoms with Crippen LogP contribution >= 0.6 is 0 Å². The molecule has 0 bridgehead atoms. The molecule has 156 valence electrons. The molecule has 2 aliphatic heterocycles. The van der Waals surface area contributed by atoms with Crippen LogP contribution in [0.4, 0.5) is 5.69 Å². The third-order valence-electron chi connectivity index (χ3n) is 5.97. The second-order valence-electron chi connectivity index (χ2n) is 7.51. The number of methoxy groups -OCH3 is 1. The lowest BCUT2D eigenvalue weighted by Gasteiger charge is -2.34. The summed E-state index contributed by atoms with van der Waals surface area (Å²) >= 11 is 0. The summed E-state index contributed by atoms with van der Waals surface area (Å²) in [5, 5.41) is 0.328. The molecule has 0 unspecified atom stereocenters. The monoisotopic (exact) mass is 416 g/mol. The molecule has 7 nitrogen and oxygen atoms in total. The van der Waals surface area contributed by atoms with E-state index in [4.69, 9.17) is 9.15 Å². The van der Waals surface area contributed by atoms with Gasteiger partial charge in [0.15, 0.2) is 11.0 Å². The number of hydrogen-bond donors (Lipinski definition) is 0. The van der Waals surface area contributed by atoms with Gasteiger partial charge in [-0.15, -0.1) is 6.58 Å². The smallest absolute Gasteiger partial charge is 0.291 e. The van der Waals surface area contributed by atoms with Gasteiger partial charge in [-0.2, -0.15) is 0 Å². The van der Waals surface area contributed by atoms with Crippen molar-refractivity contribution in [2.45, 2.75) is 5.54 Å². The van der Waals surface area contributed by atoms with E-state index >= 15 is 0 Å². The van der Waals surface area contributed by atoms with E-state index in [9.17, 15) is 14.4 Å². The van der Waals surface area contributed by atoms with Gasteiger partial charge in [0.1, 0.15) is 5.58 Å². The minimum atomic E-state index is -1.60. The van der Waals surface area contributed by atoms with Gasteiger partial charge >= 0.3 is 0 Å². The van der Waals surface area contributed by atoms with E-state index in [0.29, 0.717) is 22.2 Å². The highest BCUT2D eigenvalue weighted by atomic mass is 16.5. The fraction of sp³-hybridized carbons (Fsp3) is 0.208. The minimum Gasteiger partial charge on any atom is -0.450 e. The predicted molar refractivity (Wildman–Crippen MR) is 115 cm³/mol. The Bertz CT molecular complexity index is 1310. The number of nitrogens with zero attached hydrogens (tertiary/aromatic N) is 2. The third kappa shape index (κ3) is 2.35. The molecule has 0 aliphatic carbocycles. The van der Waals surface area contributed by atoms with E-state index in [0.717, 1.165) is 0 Å². The van der Waals surface area contributed by atoms with E-state index in [-0.39, 0.29) is 42.4 Å². The fourth-order valence-corrected chi connectivity index (χ4v) is 4.73. The second kappa shape index (κ2) is 6.92. The van der Waals surface area contributed by atoms with Gasteiger partial charge in [0, 0.05) is 25.8 Å². The summed E-state index contributed by atoms with van der Waals surface area (Å²) in [7, 11) is 1.52.